The molecule has 1 aliphatic heterocycles. The fourth-order valence-corrected chi connectivity index (χ4v) is 2.76. The van der Waals surface area contributed by atoms with Crippen LogP contribution in [-0.4, -0.2) is 31.1 Å². The number of methoxy groups -OCH3 is 1. The third-order valence-electron chi connectivity index (χ3n) is 3.95. The maximum absolute atomic E-state index is 11.6. The van der Waals surface area contributed by atoms with E-state index in [-0.39, 0.29) is 5.92 Å². The zero-order valence-electron chi connectivity index (χ0n) is 11.8. The van der Waals surface area contributed by atoms with Gasteiger partial charge in [-0.05, 0) is 37.4 Å². The minimum atomic E-state index is -0.612. The van der Waals surface area contributed by atoms with Crippen LogP contribution in [0.15, 0.2) is 30.3 Å². The normalized spacial score (nSPS) is 18.2. The van der Waals surface area contributed by atoms with Crippen molar-refractivity contribution >= 4 is 5.97 Å². The molecule has 1 aromatic carbocycles. The number of nitrogens with zero attached hydrogens (tertiary/aromatic N) is 2. The highest BCUT2D eigenvalue weighted by atomic mass is 16.5. The largest absolute Gasteiger partial charge is 0.468 e. The summed E-state index contributed by atoms with van der Waals surface area (Å²) in [7, 11) is 1.34. The Balaban J connectivity index is 1.86. The summed E-state index contributed by atoms with van der Waals surface area (Å²) in [5.74, 6) is -0.882. The molecule has 0 radical (unpaired) electrons. The van der Waals surface area contributed by atoms with E-state index < -0.39 is 11.9 Å². The van der Waals surface area contributed by atoms with E-state index in [1.54, 1.807) is 0 Å². The molecule has 1 saturated heterocycles. The summed E-state index contributed by atoms with van der Waals surface area (Å²) in [6.45, 7) is 2.78. The number of carbonyl (C=O) groups is 1. The molecule has 1 unspecified atom stereocenters. The average Bonchev–Trinajstić information content (AvgIpc) is 2.50. The van der Waals surface area contributed by atoms with Crippen LogP contribution in [0.2, 0.25) is 0 Å². The standard InChI is InChI=1S/C16H20N2O2/c1-20-16(19)15(11-17)14-7-9-18(10-8-14)12-13-5-3-2-4-6-13/h2-6,14-15H,7-10,12H2,1H3. The van der Waals surface area contributed by atoms with E-state index in [1.807, 2.05) is 18.2 Å². The summed E-state index contributed by atoms with van der Waals surface area (Å²) >= 11 is 0. The van der Waals surface area contributed by atoms with Crippen molar-refractivity contribution in [2.24, 2.45) is 11.8 Å². The third kappa shape index (κ3) is 3.58. The molecule has 1 aromatic rings. The topological polar surface area (TPSA) is 53.3 Å². The number of carbonyl (C=O) groups excluding carboxylic acids is 1. The summed E-state index contributed by atoms with van der Waals surface area (Å²) in [4.78, 5) is 13.9. The number of hydrogen-bond donors (Lipinski definition) is 0. The molecule has 106 valence electrons. The highest BCUT2D eigenvalue weighted by Crippen LogP contribution is 2.26. The first-order valence-corrected chi connectivity index (χ1v) is 6.98. The predicted molar refractivity (Wildman–Crippen MR) is 75.6 cm³/mol. The van der Waals surface area contributed by atoms with Gasteiger partial charge in [-0.25, -0.2) is 0 Å². The van der Waals surface area contributed by atoms with Crippen molar-refractivity contribution in [3.8, 4) is 6.07 Å². The minimum Gasteiger partial charge on any atom is -0.468 e. The van der Waals surface area contributed by atoms with E-state index in [0.29, 0.717) is 0 Å². The van der Waals surface area contributed by atoms with Gasteiger partial charge in [-0.3, -0.25) is 9.69 Å². The lowest BCUT2D eigenvalue weighted by atomic mass is 9.85. The molecule has 0 N–H and O–H groups in total. The van der Waals surface area contributed by atoms with E-state index in [4.69, 9.17) is 10.00 Å². The van der Waals surface area contributed by atoms with Crippen LogP contribution in [-0.2, 0) is 16.1 Å². The van der Waals surface area contributed by atoms with Gasteiger partial charge in [0.25, 0.3) is 0 Å². The maximum Gasteiger partial charge on any atom is 0.323 e. The van der Waals surface area contributed by atoms with Gasteiger partial charge in [0.15, 0.2) is 0 Å². The quantitative estimate of drug-likeness (QED) is 0.789. The highest BCUT2D eigenvalue weighted by Gasteiger charge is 2.32. The van der Waals surface area contributed by atoms with Crippen molar-refractivity contribution in [3.63, 3.8) is 0 Å². The molecule has 0 saturated carbocycles. The number of esters is 1. The number of nitriles is 1. The smallest absolute Gasteiger partial charge is 0.323 e. The van der Waals surface area contributed by atoms with Gasteiger partial charge in [0, 0.05) is 6.54 Å². The number of rotatable bonds is 4. The van der Waals surface area contributed by atoms with Gasteiger partial charge >= 0.3 is 5.97 Å². The average molecular weight is 272 g/mol. The Labute approximate surface area is 120 Å². The van der Waals surface area contributed by atoms with E-state index in [0.717, 1.165) is 32.5 Å². The van der Waals surface area contributed by atoms with Crippen LogP contribution in [0.25, 0.3) is 0 Å². The van der Waals surface area contributed by atoms with Crippen LogP contribution in [0.3, 0.4) is 0 Å². The van der Waals surface area contributed by atoms with Crippen molar-refractivity contribution < 1.29 is 9.53 Å². The van der Waals surface area contributed by atoms with Gasteiger partial charge in [-0.1, -0.05) is 30.3 Å². The van der Waals surface area contributed by atoms with Gasteiger partial charge in [-0.2, -0.15) is 5.26 Å². The van der Waals surface area contributed by atoms with Crippen molar-refractivity contribution in [1.82, 2.24) is 4.90 Å². The molecule has 0 aliphatic carbocycles. The molecule has 0 aromatic heterocycles. The second kappa shape index (κ2) is 7.06. The van der Waals surface area contributed by atoms with E-state index in [2.05, 4.69) is 23.1 Å². The Bertz CT molecular complexity index is 473. The lowest BCUT2D eigenvalue weighted by Crippen LogP contribution is -2.37. The van der Waals surface area contributed by atoms with Crippen LogP contribution >= 0.6 is 0 Å². The minimum absolute atomic E-state index is 0.125. The molecule has 0 amide bonds. The van der Waals surface area contributed by atoms with Crippen LogP contribution < -0.4 is 0 Å². The van der Waals surface area contributed by atoms with Crippen LogP contribution in [0.1, 0.15) is 18.4 Å². The number of benzene rings is 1. The summed E-state index contributed by atoms with van der Waals surface area (Å²) in [6.07, 6.45) is 1.75. The van der Waals surface area contributed by atoms with Gasteiger partial charge in [0.2, 0.25) is 0 Å². The molecule has 2 rings (SSSR count). The van der Waals surface area contributed by atoms with Crippen molar-refractivity contribution in [3.05, 3.63) is 35.9 Å². The van der Waals surface area contributed by atoms with Crippen molar-refractivity contribution in [2.75, 3.05) is 20.2 Å². The van der Waals surface area contributed by atoms with E-state index in [9.17, 15) is 4.79 Å². The maximum atomic E-state index is 11.6. The number of likely N-dealkylation sites (tertiary alicyclic amines) is 1. The number of piperidine rings is 1. The molecule has 1 atom stereocenters. The fraction of sp³-hybridized carbons (Fsp3) is 0.500. The zero-order valence-corrected chi connectivity index (χ0v) is 11.8. The lowest BCUT2D eigenvalue weighted by Gasteiger charge is -2.33. The number of hydrogen-bond acceptors (Lipinski definition) is 4. The van der Waals surface area contributed by atoms with E-state index in [1.165, 1.54) is 12.7 Å². The molecule has 1 fully saturated rings. The van der Waals surface area contributed by atoms with Gasteiger partial charge in [-0.15, -0.1) is 0 Å². The van der Waals surface area contributed by atoms with Gasteiger partial charge in [0.1, 0.15) is 5.92 Å². The Morgan fingerprint density at radius 2 is 2.05 bits per heavy atom. The highest BCUT2D eigenvalue weighted by molar-refractivity contribution is 5.75. The molecule has 20 heavy (non-hydrogen) atoms. The Morgan fingerprint density at radius 1 is 1.40 bits per heavy atom. The second-order valence-corrected chi connectivity index (χ2v) is 5.23. The first kappa shape index (κ1) is 14.5. The van der Waals surface area contributed by atoms with Gasteiger partial charge in [0.05, 0.1) is 13.2 Å². The molecular weight excluding hydrogens is 252 g/mol. The Hall–Kier alpha value is -1.86. The van der Waals surface area contributed by atoms with Crippen molar-refractivity contribution in [1.29, 1.82) is 5.26 Å². The molecule has 1 aliphatic rings. The predicted octanol–water partition coefficient (Wildman–Crippen LogP) is 2.21. The summed E-state index contributed by atoms with van der Waals surface area (Å²) < 4.78 is 4.70. The second-order valence-electron chi connectivity index (χ2n) is 5.23. The molecule has 4 nitrogen and oxygen atoms in total. The molecule has 0 spiro atoms. The summed E-state index contributed by atoms with van der Waals surface area (Å²) in [6, 6.07) is 12.5. The van der Waals surface area contributed by atoms with Crippen LogP contribution in [0.4, 0.5) is 0 Å². The van der Waals surface area contributed by atoms with Crippen LogP contribution in [0, 0.1) is 23.2 Å². The monoisotopic (exact) mass is 272 g/mol. The number of ether oxygens (including phenoxy) is 1. The van der Waals surface area contributed by atoms with Crippen LogP contribution in [0.5, 0.6) is 0 Å². The molecular formula is C16H20N2O2. The molecule has 4 heteroatoms. The van der Waals surface area contributed by atoms with Gasteiger partial charge < -0.3 is 4.74 Å². The summed E-state index contributed by atoms with van der Waals surface area (Å²) in [5, 5.41) is 9.12. The Kier molecular flexibility index (Phi) is 5.14. The van der Waals surface area contributed by atoms with Crippen molar-refractivity contribution in [2.45, 2.75) is 19.4 Å². The molecule has 1 heterocycles. The Morgan fingerprint density at radius 3 is 2.60 bits per heavy atom. The fourth-order valence-electron chi connectivity index (χ4n) is 2.76. The zero-order chi connectivity index (χ0) is 14.4. The molecule has 0 bridgehead atoms. The third-order valence-corrected chi connectivity index (χ3v) is 3.95. The lowest BCUT2D eigenvalue weighted by molar-refractivity contribution is -0.145. The first-order valence-electron chi connectivity index (χ1n) is 6.98. The summed E-state index contributed by atoms with van der Waals surface area (Å²) in [5.41, 5.74) is 1.30. The first-order chi connectivity index (χ1) is 9.74. The SMILES string of the molecule is COC(=O)C(C#N)C1CCN(Cc2ccccc2)CC1. The van der Waals surface area contributed by atoms with E-state index >= 15 is 0 Å².